The third-order valence-electron chi connectivity index (χ3n) is 14.5. The number of nitrogens with zero attached hydrogens (tertiary/aromatic N) is 1. The third-order valence-corrected chi connectivity index (χ3v) is 14.5. The van der Waals surface area contributed by atoms with E-state index in [0.29, 0.717) is 0 Å². The molecule has 1 unspecified atom stereocenters. The molecule has 0 fully saturated rings. The molecule has 0 saturated heterocycles. The standard InChI is InChI=1S/C65H41NO/c1-2-18-42(19-3-1)46-21-10-15-31-61(46)66(44-35-37-50-52-26-11-16-32-62(52)67-63-33-17-12-27-53(63)55(50)40-44)45-36-39-59-56(41-45)49-24-7-6-23-48(49)51-25-8-13-29-57(51)65(59)58-30-14-9-28-54(58)64-47-22-5-4-20-43(47)34-38-60(64)65/h1-41H. The van der Waals surface area contributed by atoms with Crippen molar-refractivity contribution in [1.82, 2.24) is 0 Å². The van der Waals surface area contributed by atoms with Crippen molar-refractivity contribution in [3.05, 3.63) is 271 Å². The Bertz CT molecular complexity index is 3810. The summed E-state index contributed by atoms with van der Waals surface area (Å²) in [7, 11) is 0. The van der Waals surface area contributed by atoms with Gasteiger partial charge in [-0.3, -0.25) is 0 Å². The lowest BCUT2D eigenvalue weighted by molar-refractivity contribution is 0.488. The van der Waals surface area contributed by atoms with Gasteiger partial charge in [-0.15, -0.1) is 0 Å². The molecule has 11 aromatic carbocycles. The van der Waals surface area contributed by atoms with Crippen LogP contribution in [-0.4, -0.2) is 0 Å². The van der Waals surface area contributed by atoms with E-state index in [4.69, 9.17) is 4.74 Å². The van der Waals surface area contributed by atoms with Crippen LogP contribution < -0.4 is 9.64 Å². The summed E-state index contributed by atoms with van der Waals surface area (Å²) >= 11 is 0. The van der Waals surface area contributed by atoms with Crippen molar-refractivity contribution in [1.29, 1.82) is 0 Å². The fraction of sp³-hybridized carbons (Fsp3) is 0.0154. The largest absolute Gasteiger partial charge is 0.456 e. The fourth-order valence-corrected chi connectivity index (χ4v) is 11.8. The molecular weight excluding hydrogens is 811 g/mol. The summed E-state index contributed by atoms with van der Waals surface area (Å²) in [4.78, 5) is 2.47. The molecule has 0 aromatic heterocycles. The van der Waals surface area contributed by atoms with Crippen LogP contribution in [0.3, 0.4) is 0 Å². The van der Waals surface area contributed by atoms with E-state index in [1.54, 1.807) is 0 Å². The highest BCUT2D eigenvalue weighted by Gasteiger charge is 2.50. The van der Waals surface area contributed by atoms with Gasteiger partial charge in [0.2, 0.25) is 0 Å². The van der Waals surface area contributed by atoms with Gasteiger partial charge >= 0.3 is 0 Å². The molecule has 0 bridgehead atoms. The van der Waals surface area contributed by atoms with Crippen molar-refractivity contribution in [3.63, 3.8) is 0 Å². The molecule has 11 aromatic rings. The van der Waals surface area contributed by atoms with Gasteiger partial charge in [0.05, 0.1) is 11.1 Å². The number of anilines is 3. The first kappa shape index (κ1) is 37.6. The smallest absolute Gasteiger partial charge is 0.135 e. The first-order valence-corrected chi connectivity index (χ1v) is 23.2. The normalized spacial score (nSPS) is 14.4. The lowest BCUT2D eigenvalue weighted by Crippen LogP contribution is -2.29. The summed E-state index contributed by atoms with van der Waals surface area (Å²) < 4.78 is 6.67. The molecule has 0 amide bonds. The molecule has 1 heterocycles. The van der Waals surface area contributed by atoms with Crippen LogP contribution in [-0.2, 0) is 5.41 Å². The van der Waals surface area contributed by atoms with Gasteiger partial charge in [-0.2, -0.15) is 0 Å². The summed E-state index contributed by atoms with van der Waals surface area (Å²) in [5, 5.41) is 2.53. The van der Waals surface area contributed by atoms with Gasteiger partial charge in [-0.25, -0.2) is 0 Å². The van der Waals surface area contributed by atoms with Crippen LogP contribution in [0.1, 0.15) is 22.3 Å². The molecule has 1 spiro atoms. The lowest BCUT2D eigenvalue weighted by Gasteiger charge is -2.36. The van der Waals surface area contributed by atoms with Crippen LogP contribution in [0.4, 0.5) is 17.1 Å². The van der Waals surface area contributed by atoms with Crippen molar-refractivity contribution in [2.45, 2.75) is 5.41 Å². The maximum atomic E-state index is 6.67. The Labute approximate surface area is 390 Å². The average molecular weight is 852 g/mol. The van der Waals surface area contributed by atoms with Gasteiger partial charge in [0.1, 0.15) is 11.5 Å². The molecule has 0 radical (unpaired) electrons. The minimum Gasteiger partial charge on any atom is -0.456 e. The van der Waals surface area contributed by atoms with Crippen LogP contribution in [0.2, 0.25) is 0 Å². The predicted molar refractivity (Wildman–Crippen MR) is 277 cm³/mol. The topological polar surface area (TPSA) is 12.5 Å². The van der Waals surface area contributed by atoms with Crippen LogP contribution in [0.5, 0.6) is 11.5 Å². The molecule has 3 aliphatic rings. The van der Waals surface area contributed by atoms with Gasteiger partial charge in [0.15, 0.2) is 0 Å². The molecule has 1 aliphatic heterocycles. The minimum atomic E-state index is -0.604. The highest BCUT2D eigenvalue weighted by Crippen LogP contribution is 2.63. The van der Waals surface area contributed by atoms with Gasteiger partial charge in [-0.05, 0) is 126 Å². The Kier molecular flexibility index (Phi) is 8.23. The van der Waals surface area contributed by atoms with Crippen molar-refractivity contribution < 1.29 is 4.74 Å². The molecule has 2 nitrogen and oxygen atoms in total. The number of rotatable bonds is 4. The molecule has 2 heteroatoms. The van der Waals surface area contributed by atoms with E-state index in [2.05, 4.69) is 248 Å². The Morgan fingerprint density at radius 2 is 0.791 bits per heavy atom. The fourth-order valence-electron chi connectivity index (χ4n) is 11.8. The number of fused-ring (bicyclic) bond motifs is 19. The van der Waals surface area contributed by atoms with Crippen LogP contribution >= 0.6 is 0 Å². The van der Waals surface area contributed by atoms with E-state index < -0.39 is 5.41 Å². The molecular formula is C65H41NO. The number of ether oxygens (including phenoxy) is 1. The van der Waals surface area contributed by atoms with Gasteiger partial charge in [0.25, 0.3) is 0 Å². The number of hydrogen-bond donors (Lipinski definition) is 0. The summed E-state index contributed by atoms with van der Waals surface area (Å²) in [5.74, 6) is 1.70. The first-order valence-electron chi connectivity index (χ1n) is 23.2. The summed E-state index contributed by atoms with van der Waals surface area (Å²) in [5.41, 5.74) is 22.1. The zero-order valence-electron chi connectivity index (χ0n) is 36.5. The van der Waals surface area contributed by atoms with Crippen LogP contribution in [0, 0.1) is 0 Å². The van der Waals surface area contributed by atoms with Crippen molar-refractivity contribution in [3.8, 4) is 78.3 Å². The summed E-state index contributed by atoms with van der Waals surface area (Å²) in [6.45, 7) is 0. The maximum Gasteiger partial charge on any atom is 0.135 e. The van der Waals surface area contributed by atoms with Crippen molar-refractivity contribution in [2.24, 2.45) is 0 Å². The number of hydrogen-bond acceptors (Lipinski definition) is 2. The zero-order valence-corrected chi connectivity index (χ0v) is 36.5. The Morgan fingerprint density at radius 1 is 0.299 bits per heavy atom. The monoisotopic (exact) mass is 851 g/mol. The Morgan fingerprint density at radius 3 is 1.55 bits per heavy atom. The highest BCUT2D eigenvalue weighted by atomic mass is 16.5. The second-order valence-corrected chi connectivity index (χ2v) is 17.9. The van der Waals surface area contributed by atoms with E-state index in [-0.39, 0.29) is 0 Å². The van der Waals surface area contributed by atoms with E-state index >= 15 is 0 Å². The van der Waals surface area contributed by atoms with Crippen molar-refractivity contribution in [2.75, 3.05) is 4.90 Å². The Balaban J connectivity index is 1.08. The average Bonchev–Trinajstić information content (AvgIpc) is 3.55. The van der Waals surface area contributed by atoms with Gasteiger partial charge in [-0.1, -0.05) is 206 Å². The molecule has 0 saturated carbocycles. The van der Waals surface area contributed by atoms with Gasteiger partial charge < -0.3 is 9.64 Å². The van der Waals surface area contributed by atoms with Crippen LogP contribution in [0.15, 0.2) is 249 Å². The summed E-state index contributed by atoms with van der Waals surface area (Å²) in [6, 6.07) is 91.6. The van der Waals surface area contributed by atoms with E-state index in [1.807, 2.05) is 6.07 Å². The summed E-state index contributed by atoms with van der Waals surface area (Å²) in [6.07, 6.45) is 0. The zero-order chi connectivity index (χ0) is 44.1. The molecule has 14 rings (SSSR count). The van der Waals surface area contributed by atoms with E-state index in [9.17, 15) is 0 Å². The maximum absolute atomic E-state index is 6.67. The number of para-hydroxylation sites is 3. The van der Waals surface area contributed by atoms with E-state index in [0.717, 1.165) is 61.9 Å². The predicted octanol–water partition coefficient (Wildman–Crippen LogP) is 17.4. The second kappa shape index (κ2) is 14.7. The first-order chi connectivity index (χ1) is 33.3. The SMILES string of the molecule is c1ccc(-c2ccccc2N(c2ccc3c(c2)-c2ccccc2Oc2ccccc2-3)c2ccc3c(c2)-c2ccccc2-c2ccccc2C32c3ccccc3-c3c2ccc2ccccc32)cc1. The molecule has 2 aliphatic carbocycles. The molecule has 312 valence electrons. The van der Waals surface area contributed by atoms with E-state index in [1.165, 1.54) is 66.4 Å². The molecule has 67 heavy (non-hydrogen) atoms. The van der Waals surface area contributed by atoms with Crippen molar-refractivity contribution >= 4 is 27.8 Å². The third kappa shape index (κ3) is 5.45. The molecule has 0 N–H and O–H groups in total. The minimum absolute atomic E-state index is 0.604. The quantitative estimate of drug-likeness (QED) is 0.175. The second-order valence-electron chi connectivity index (χ2n) is 17.9. The highest BCUT2D eigenvalue weighted by molar-refractivity contribution is 6.07. The Hall–Kier alpha value is -8.72. The number of benzene rings is 11. The lowest BCUT2D eigenvalue weighted by atomic mass is 9.65. The van der Waals surface area contributed by atoms with Crippen LogP contribution in [0.25, 0.3) is 77.5 Å². The van der Waals surface area contributed by atoms with Gasteiger partial charge in [0, 0.05) is 28.1 Å². The molecule has 1 atom stereocenters.